The number of pyridine rings is 1. The number of carbonyl (C=O) groups excluding carboxylic acids is 1. The van der Waals surface area contributed by atoms with E-state index in [2.05, 4.69) is 20.5 Å². The van der Waals surface area contributed by atoms with Crippen LogP contribution in [0.4, 0.5) is 0 Å². The van der Waals surface area contributed by atoms with Crippen LogP contribution >= 0.6 is 0 Å². The van der Waals surface area contributed by atoms with Gasteiger partial charge in [-0.2, -0.15) is 5.26 Å². The molecule has 128 valence electrons. The summed E-state index contributed by atoms with van der Waals surface area (Å²) in [5.74, 6) is 0.306. The first kappa shape index (κ1) is 15.7. The third-order valence-corrected chi connectivity index (χ3v) is 3.99. The van der Waals surface area contributed by atoms with Crippen molar-refractivity contribution in [3.05, 3.63) is 60.0 Å². The van der Waals surface area contributed by atoms with Gasteiger partial charge in [-0.3, -0.25) is 4.79 Å². The summed E-state index contributed by atoms with van der Waals surface area (Å²) in [4.78, 5) is 18.4. The third kappa shape index (κ3) is 3.08. The summed E-state index contributed by atoms with van der Waals surface area (Å²) >= 11 is 0. The van der Waals surface area contributed by atoms with Crippen molar-refractivity contribution in [1.29, 1.82) is 5.26 Å². The molecule has 9 heteroatoms. The van der Waals surface area contributed by atoms with Gasteiger partial charge in [0.2, 0.25) is 5.88 Å². The lowest BCUT2D eigenvalue weighted by Gasteiger charge is -2.38. The Balaban J connectivity index is 1.39. The van der Waals surface area contributed by atoms with Crippen molar-refractivity contribution in [2.75, 3.05) is 13.1 Å². The monoisotopic (exact) mass is 347 g/mol. The number of aromatic nitrogens is 5. The second-order valence-electron chi connectivity index (χ2n) is 5.75. The van der Waals surface area contributed by atoms with Crippen molar-refractivity contribution in [2.45, 2.75) is 6.10 Å². The van der Waals surface area contributed by atoms with Gasteiger partial charge < -0.3 is 9.64 Å². The maximum atomic E-state index is 12.6. The average Bonchev–Trinajstić information content (AvgIpc) is 3.19. The fourth-order valence-electron chi connectivity index (χ4n) is 2.64. The lowest BCUT2D eigenvalue weighted by atomic mass is 10.1. The smallest absolute Gasteiger partial charge is 0.254 e. The maximum absolute atomic E-state index is 12.6. The van der Waals surface area contributed by atoms with Crippen LogP contribution in [0, 0.1) is 11.3 Å². The van der Waals surface area contributed by atoms with Crippen LogP contribution in [0.15, 0.2) is 48.9 Å². The molecule has 1 amide bonds. The number of ether oxygens (including phenoxy) is 1. The van der Waals surface area contributed by atoms with E-state index in [1.807, 2.05) is 12.1 Å². The number of hydrogen-bond donors (Lipinski definition) is 0. The van der Waals surface area contributed by atoms with Gasteiger partial charge in [0.15, 0.2) is 0 Å². The van der Waals surface area contributed by atoms with Crippen LogP contribution < -0.4 is 4.74 Å². The summed E-state index contributed by atoms with van der Waals surface area (Å²) < 4.78 is 7.20. The van der Waals surface area contributed by atoms with Crippen molar-refractivity contribution in [2.24, 2.45) is 0 Å². The Morgan fingerprint density at radius 2 is 2.15 bits per heavy atom. The fourth-order valence-corrected chi connectivity index (χ4v) is 2.64. The van der Waals surface area contributed by atoms with Crippen molar-refractivity contribution in [1.82, 2.24) is 30.1 Å². The number of amides is 1. The summed E-state index contributed by atoms with van der Waals surface area (Å²) in [5.41, 5.74) is 1.76. The molecule has 3 aromatic rings. The van der Waals surface area contributed by atoms with Crippen LogP contribution in [0.5, 0.6) is 5.88 Å². The predicted molar refractivity (Wildman–Crippen MR) is 88.4 cm³/mol. The van der Waals surface area contributed by atoms with E-state index >= 15 is 0 Å². The van der Waals surface area contributed by atoms with Crippen LogP contribution in [0.1, 0.15) is 15.9 Å². The van der Waals surface area contributed by atoms with Gasteiger partial charge in [0, 0.05) is 17.8 Å². The summed E-state index contributed by atoms with van der Waals surface area (Å²) in [5, 5.41) is 19.9. The minimum Gasteiger partial charge on any atom is -0.471 e. The number of benzene rings is 1. The average molecular weight is 347 g/mol. The Kier molecular flexibility index (Phi) is 3.99. The van der Waals surface area contributed by atoms with Gasteiger partial charge in [-0.05, 0) is 34.7 Å². The van der Waals surface area contributed by atoms with Gasteiger partial charge in [-0.25, -0.2) is 9.67 Å². The van der Waals surface area contributed by atoms with E-state index in [1.165, 1.54) is 17.2 Å². The fraction of sp³-hybridized carbons (Fsp3) is 0.176. The van der Waals surface area contributed by atoms with Gasteiger partial charge in [0.1, 0.15) is 12.4 Å². The number of likely N-dealkylation sites (tertiary alicyclic amines) is 1. The van der Waals surface area contributed by atoms with Gasteiger partial charge in [0.25, 0.3) is 5.91 Å². The molecule has 0 bridgehead atoms. The number of nitriles is 1. The number of tetrazole rings is 1. The second-order valence-corrected chi connectivity index (χ2v) is 5.75. The molecule has 9 nitrogen and oxygen atoms in total. The Bertz CT molecular complexity index is 975. The molecule has 0 spiro atoms. The Labute approximate surface area is 148 Å². The lowest BCUT2D eigenvalue weighted by Crippen LogP contribution is -2.56. The van der Waals surface area contributed by atoms with E-state index in [0.717, 1.165) is 0 Å². The normalized spacial score (nSPS) is 13.7. The van der Waals surface area contributed by atoms with Crippen molar-refractivity contribution >= 4 is 5.91 Å². The molecular weight excluding hydrogens is 334 g/mol. The molecule has 0 radical (unpaired) electrons. The molecule has 1 aromatic carbocycles. The van der Waals surface area contributed by atoms with Crippen molar-refractivity contribution < 1.29 is 9.53 Å². The number of carbonyl (C=O) groups is 1. The third-order valence-electron chi connectivity index (χ3n) is 3.99. The zero-order valence-electron chi connectivity index (χ0n) is 13.6. The zero-order valence-corrected chi connectivity index (χ0v) is 13.6. The van der Waals surface area contributed by atoms with E-state index in [-0.39, 0.29) is 12.0 Å². The van der Waals surface area contributed by atoms with E-state index in [9.17, 15) is 4.79 Å². The predicted octanol–water partition coefficient (Wildman–Crippen LogP) is 0.832. The lowest BCUT2D eigenvalue weighted by molar-refractivity contribution is 0.0160. The first-order chi connectivity index (χ1) is 12.7. The standard InChI is InChI=1S/C17H13N7O2/c18-8-12-4-5-19-16(6-12)26-15-9-23(10-15)17(25)13-2-1-3-14(7-13)24-11-20-21-22-24/h1-7,11,15H,9-10H2. The number of rotatable bonds is 4. The molecule has 3 heterocycles. The minimum absolute atomic E-state index is 0.0847. The molecule has 2 aromatic heterocycles. The summed E-state index contributed by atoms with van der Waals surface area (Å²) in [6.45, 7) is 0.929. The van der Waals surface area contributed by atoms with Gasteiger partial charge in [-0.15, -0.1) is 5.10 Å². The summed E-state index contributed by atoms with van der Waals surface area (Å²) in [7, 11) is 0. The largest absolute Gasteiger partial charge is 0.471 e. The minimum atomic E-state index is -0.136. The Morgan fingerprint density at radius 3 is 2.92 bits per heavy atom. The molecule has 0 atom stereocenters. The molecule has 1 aliphatic rings. The van der Waals surface area contributed by atoms with Gasteiger partial charge in [0.05, 0.1) is 30.4 Å². The number of nitrogens with zero attached hydrogens (tertiary/aromatic N) is 7. The molecule has 0 N–H and O–H groups in total. The van der Waals surface area contributed by atoms with Crippen molar-refractivity contribution in [3.63, 3.8) is 0 Å². The molecule has 0 saturated carbocycles. The maximum Gasteiger partial charge on any atom is 0.254 e. The highest BCUT2D eigenvalue weighted by Gasteiger charge is 2.33. The second kappa shape index (κ2) is 6.60. The first-order valence-corrected chi connectivity index (χ1v) is 7.88. The van der Waals surface area contributed by atoms with Crippen molar-refractivity contribution in [3.8, 4) is 17.6 Å². The van der Waals surface area contributed by atoms with E-state index in [1.54, 1.807) is 35.2 Å². The highest BCUT2D eigenvalue weighted by Crippen LogP contribution is 2.20. The van der Waals surface area contributed by atoms with Crippen LogP contribution in [-0.4, -0.2) is 55.2 Å². The molecular formula is C17H13N7O2. The molecule has 0 aliphatic carbocycles. The zero-order chi connectivity index (χ0) is 17.9. The summed E-state index contributed by atoms with van der Waals surface area (Å²) in [6, 6.07) is 12.3. The van der Waals surface area contributed by atoms with E-state index < -0.39 is 0 Å². The highest BCUT2D eigenvalue weighted by molar-refractivity contribution is 5.95. The molecule has 1 aliphatic heterocycles. The SMILES string of the molecule is N#Cc1ccnc(OC2CN(C(=O)c3cccc(-n4cnnn4)c3)C2)c1. The quantitative estimate of drug-likeness (QED) is 0.687. The van der Waals surface area contributed by atoms with E-state index in [0.29, 0.717) is 35.8 Å². The van der Waals surface area contributed by atoms with Crippen LogP contribution in [0.25, 0.3) is 5.69 Å². The number of hydrogen-bond acceptors (Lipinski definition) is 7. The van der Waals surface area contributed by atoms with Crippen LogP contribution in [-0.2, 0) is 0 Å². The molecule has 4 rings (SSSR count). The van der Waals surface area contributed by atoms with Crippen LogP contribution in [0.3, 0.4) is 0 Å². The first-order valence-electron chi connectivity index (χ1n) is 7.88. The topological polar surface area (TPSA) is 110 Å². The Hall–Kier alpha value is -3.80. The molecule has 1 fully saturated rings. The van der Waals surface area contributed by atoms with Crippen LogP contribution in [0.2, 0.25) is 0 Å². The highest BCUT2D eigenvalue weighted by atomic mass is 16.5. The van der Waals surface area contributed by atoms with Gasteiger partial charge in [-0.1, -0.05) is 6.07 Å². The molecule has 0 unspecified atom stereocenters. The Morgan fingerprint density at radius 1 is 1.27 bits per heavy atom. The van der Waals surface area contributed by atoms with E-state index in [4.69, 9.17) is 10.00 Å². The molecule has 26 heavy (non-hydrogen) atoms. The summed E-state index contributed by atoms with van der Waals surface area (Å²) in [6.07, 6.45) is 2.86. The van der Waals surface area contributed by atoms with Gasteiger partial charge >= 0.3 is 0 Å². The molecule has 1 saturated heterocycles.